The van der Waals surface area contributed by atoms with E-state index in [0.717, 1.165) is 31.2 Å². The van der Waals surface area contributed by atoms with Gasteiger partial charge in [0.05, 0.1) is 11.3 Å². The first kappa shape index (κ1) is 20.9. The number of hydrogen-bond acceptors (Lipinski definition) is 4. The summed E-state index contributed by atoms with van der Waals surface area (Å²) in [7, 11) is -3.80. The molecule has 0 amide bonds. The predicted octanol–water partition coefficient (Wildman–Crippen LogP) is 3.51. The largest absolute Gasteiger partial charge is 0.478 e. The van der Waals surface area contributed by atoms with Crippen molar-refractivity contribution in [3.63, 3.8) is 0 Å². The van der Waals surface area contributed by atoms with Crippen LogP contribution in [0.2, 0.25) is 0 Å². The number of carboxylic acid groups (broad SMARTS) is 1. The first-order chi connectivity index (χ1) is 12.9. The molecule has 0 unspecified atom stereocenters. The maximum Gasteiger partial charge on any atom is 0.335 e. The van der Waals surface area contributed by atoms with E-state index >= 15 is 0 Å². The molecule has 146 valence electrons. The number of carboxylic acids is 1. The molecule has 0 aliphatic rings. The average molecular weight is 391 g/mol. The SMILES string of the molecule is CCCCCNS(=O)(=O)c1cc(C(=O)O)ccc1NCCc1ccccc1. The van der Waals surface area contributed by atoms with Crippen molar-refractivity contribution < 1.29 is 18.3 Å². The second-order valence-corrected chi connectivity index (χ2v) is 8.02. The molecule has 6 nitrogen and oxygen atoms in total. The number of benzene rings is 2. The highest BCUT2D eigenvalue weighted by Crippen LogP contribution is 2.23. The van der Waals surface area contributed by atoms with Crippen molar-refractivity contribution in [1.29, 1.82) is 0 Å². The molecular weight excluding hydrogens is 364 g/mol. The summed E-state index contributed by atoms with van der Waals surface area (Å²) < 4.78 is 27.9. The van der Waals surface area contributed by atoms with Crippen molar-refractivity contribution in [3.05, 3.63) is 59.7 Å². The monoisotopic (exact) mass is 390 g/mol. The van der Waals surface area contributed by atoms with E-state index < -0.39 is 16.0 Å². The van der Waals surface area contributed by atoms with Gasteiger partial charge in [-0.15, -0.1) is 0 Å². The lowest BCUT2D eigenvalue weighted by atomic mass is 10.1. The maximum atomic E-state index is 12.7. The van der Waals surface area contributed by atoms with Crippen LogP contribution in [0.4, 0.5) is 5.69 Å². The number of unbranched alkanes of at least 4 members (excludes halogenated alkanes) is 2. The van der Waals surface area contributed by atoms with E-state index in [9.17, 15) is 18.3 Å². The summed E-state index contributed by atoms with van der Waals surface area (Å²) in [4.78, 5) is 11.2. The predicted molar refractivity (Wildman–Crippen MR) is 107 cm³/mol. The molecule has 0 aliphatic carbocycles. The normalized spacial score (nSPS) is 11.3. The maximum absolute atomic E-state index is 12.7. The van der Waals surface area contributed by atoms with Gasteiger partial charge in [-0.1, -0.05) is 50.1 Å². The Labute approximate surface area is 160 Å². The first-order valence-corrected chi connectivity index (χ1v) is 10.6. The lowest BCUT2D eigenvalue weighted by molar-refractivity contribution is 0.0696. The van der Waals surface area contributed by atoms with Gasteiger partial charge in [-0.3, -0.25) is 0 Å². The summed E-state index contributed by atoms with van der Waals surface area (Å²) in [5.41, 5.74) is 1.48. The number of anilines is 1. The topological polar surface area (TPSA) is 95.5 Å². The van der Waals surface area contributed by atoms with Crippen molar-refractivity contribution >= 4 is 21.7 Å². The van der Waals surface area contributed by atoms with Crippen molar-refractivity contribution in [1.82, 2.24) is 4.72 Å². The summed E-state index contributed by atoms with van der Waals surface area (Å²) in [6.45, 7) is 2.91. The van der Waals surface area contributed by atoms with Crippen LogP contribution in [-0.4, -0.2) is 32.6 Å². The molecule has 0 atom stereocenters. The van der Waals surface area contributed by atoms with Gasteiger partial charge in [0.15, 0.2) is 0 Å². The zero-order chi connectivity index (χ0) is 19.7. The molecule has 27 heavy (non-hydrogen) atoms. The summed E-state index contributed by atoms with van der Waals surface area (Å²) in [6, 6.07) is 14.0. The highest BCUT2D eigenvalue weighted by Gasteiger charge is 2.20. The molecule has 0 saturated heterocycles. The minimum atomic E-state index is -3.80. The van der Waals surface area contributed by atoms with Crippen LogP contribution < -0.4 is 10.0 Å². The lowest BCUT2D eigenvalue weighted by Crippen LogP contribution is -2.26. The van der Waals surface area contributed by atoms with Gasteiger partial charge < -0.3 is 10.4 Å². The Hall–Kier alpha value is -2.38. The Morgan fingerprint density at radius 3 is 2.44 bits per heavy atom. The van der Waals surface area contributed by atoms with Crippen molar-refractivity contribution in [2.75, 3.05) is 18.4 Å². The molecule has 0 radical (unpaired) electrons. The minimum Gasteiger partial charge on any atom is -0.478 e. The number of sulfonamides is 1. The van der Waals surface area contributed by atoms with Crippen LogP contribution in [0.5, 0.6) is 0 Å². The van der Waals surface area contributed by atoms with E-state index in [0.29, 0.717) is 18.8 Å². The number of rotatable bonds is 11. The highest BCUT2D eigenvalue weighted by molar-refractivity contribution is 7.89. The number of carbonyl (C=O) groups is 1. The van der Waals surface area contributed by atoms with Crippen LogP contribution in [0.15, 0.2) is 53.4 Å². The van der Waals surface area contributed by atoms with Gasteiger partial charge in [0, 0.05) is 13.1 Å². The Kier molecular flexibility index (Phi) is 7.82. The lowest BCUT2D eigenvalue weighted by Gasteiger charge is -2.14. The van der Waals surface area contributed by atoms with E-state index in [2.05, 4.69) is 10.0 Å². The van der Waals surface area contributed by atoms with E-state index in [4.69, 9.17) is 0 Å². The van der Waals surface area contributed by atoms with Crippen LogP contribution in [-0.2, 0) is 16.4 Å². The minimum absolute atomic E-state index is 0.0352. The Morgan fingerprint density at radius 1 is 1.04 bits per heavy atom. The van der Waals surface area contributed by atoms with Crippen LogP contribution >= 0.6 is 0 Å². The van der Waals surface area contributed by atoms with Gasteiger partial charge in [-0.25, -0.2) is 17.9 Å². The second kappa shape index (κ2) is 10.1. The van der Waals surface area contributed by atoms with Crippen LogP contribution in [0.1, 0.15) is 42.1 Å². The smallest absolute Gasteiger partial charge is 0.335 e. The standard InChI is InChI=1S/C20H26N2O4S/c1-2-3-7-13-22-27(25,26)19-15-17(20(23)24)10-11-18(19)21-14-12-16-8-5-4-6-9-16/h4-6,8-11,15,21-22H,2-3,7,12-14H2,1H3,(H,23,24). The van der Waals surface area contributed by atoms with Gasteiger partial charge in [-0.05, 0) is 36.6 Å². The van der Waals surface area contributed by atoms with Crippen molar-refractivity contribution in [2.24, 2.45) is 0 Å². The third kappa shape index (κ3) is 6.37. The fourth-order valence-corrected chi connectivity index (χ4v) is 3.95. The molecule has 0 saturated carbocycles. The van der Waals surface area contributed by atoms with Gasteiger partial charge in [-0.2, -0.15) is 0 Å². The second-order valence-electron chi connectivity index (χ2n) is 6.28. The zero-order valence-electron chi connectivity index (χ0n) is 15.4. The number of hydrogen-bond donors (Lipinski definition) is 3. The summed E-state index contributed by atoms with van der Waals surface area (Å²) >= 11 is 0. The Bertz CT molecular complexity index is 852. The Morgan fingerprint density at radius 2 is 1.78 bits per heavy atom. The van der Waals surface area contributed by atoms with Gasteiger partial charge in [0.1, 0.15) is 4.90 Å². The zero-order valence-corrected chi connectivity index (χ0v) is 16.3. The highest BCUT2D eigenvalue weighted by atomic mass is 32.2. The fraction of sp³-hybridized carbons (Fsp3) is 0.350. The van der Waals surface area contributed by atoms with Gasteiger partial charge in [0.2, 0.25) is 10.0 Å². The van der Waals surface area contributed by atoms with Crippen molar-refractivity contribution in [2.45, 2.75) is 37.5 Å². The van der Waals surface area contributed by atoms with E-state index in [1.165, 1.54) is 18.2 Å². The molecule has 0 aliphatic heterocycles. The molecule has 0 bridgehead atoms. The quantitative estimate of drug-likeness (QED) is 0.510. The van der Waals surface area contributed by atoms with E-state index in [1.54, 1.807) is 0 Å². The molecule has 3 N–H and O–H groups in total. The third-order valence-corrected chi connectivity index (χ3v) is 5.66. The van der Waals surface area contributed by atoms with Gasteiger partial charge in [0.25, 0.3) is 0 Å². The van der Waals surface area contributed by atoms with Crippen LogP contribution in [0.25, 0.3) is 0 Å². The average Bonchev–Trinajstić information content (AvgIpc) is 2.66. The first-order valence-electron chi connectivity index (χ1n) is 9.09. The number of nitrogens with one attached hydrogen (secondary N) is 2. The summed E-state index contributed by atoms with van der Waals surface area (Å²) in [5.74, 6) is -1.16. The van der Waals surface area contributed by atoms with E-state index in [-0.39, 0.29) is 10.5 Å². The molecule has 0 heterocycles. The van der Waals surface area contributed by atoms with Crippen molar-refractivity contribution in [3.8, 4) is 0 Å². The molecule has 7 heteroatoms. The van der Waals surface area contributed by atoms with Gasteiger partial charge >= 0.3 is 5.97 Å². The molecular formula is C20H26N2O4S. The van der Waals surface area contributed by atoms with Crippen LogP contribution in [0.3, 0.4) is 0 Å². The summed E-state index contributed by atoms with van der Waals surface area (Å²) in [6.07, 6.45) is 3.39. The molecule has 0 spiro atoms. The molecule has 2 aromatic rings. The third-order valence-electron chi connectivity index (χ3n) is 4.16. The van der Waals surface area contributed by atoms with Crippen LogP contribution in [0, 0.1) is 0 Å². The Balaban J connectivity index is 2.16. The molecule has 2 aromatic carbocycles. The van der Waals surface area contributed by atoms with E-state index in [1.807, 2.05) is 37.3 Å². The molecule has 0 fully saturated rings. The summed E-state index contributed by atoms with van der Waals surface area (Å²) in [5, 5.41) is 12.3. The molecule has 0 aromatic heterocycles. The number of aromatic carboxylic acids is 1. The fourth-order valence-electron chi connectivity index (χ4n) is 2.67. The molecule has 2 rings (SSSR count).